The number of nitrogens with zero attached hydrogens (tertiary/aromatic N) is 3. The molecule has 2 aromatic carbocycles. The molecular formula is C21H22N6O4S. The van der Waals surface area contributed by atoms with E-state index in [0.717, 1.165) is 0 Å². The highest BCUT2D eigenvalue weighted by atomic mass is 32.1. The third-order valence-corrected chi connectivity index (χ3v) is 5.15. The predicted molar refractivity (Wildman–Crippen MR) is 124 cm³/mol. The summed E-state index contributed by atoms with van der Waals surface area (Å²) in [6.45, 7) is 2.14. The molecular weight excluding hydrogens is 432 g/mol. The van der Waals surface area contributed by atoms with Crippen molar-refractivity contribution < 1.29 is 14.5 Å². The van der Waals surface area contributed by atoms with Gasteiger partial charge in [-0.15, -0.1) is 0 Å². The number of anilines is 1. The van der Waals surface area contributed by atoms with E-state index in [2.05, 4.69) is 15.8 Å². The van der Waals surface area contributed by atoms with Crippen LogP contribution in [-0.4, -0.2) is 45.6 Å². The summed E-state index contributed by atoms with van der Waals surface area (Å²) in [5.41, 5.74) is 9.82. The Morgan fingerprint density at radius 1 is 1.34 bits per heavy atom. The van der Waals surface area contributed by atoms with Gasteiger partial charge in [0.15, 0.2) is 5.11 Å². The Kier molecular flexibility index (Phi) is 7.11. The topological polar surface area (TPSA) is 143 Å². The number of amides is 2. The molecule has 3 rings (SSSR count). The summed E-state index contributed by atoms with van der Waals surface area (Å²) >= 11 is 5.00. The number of hydrogen-bond acceptors (Lipinski definition) is 7. The summed E-state index contributed by atoms with van der Waals surface area (Å²) in [6, 6.07) is 13.2. The number of nitro benzene ring substituents is 1. The highest BCUT2D eigenvalue weighted by Crippen LogP contribution is 2.28. The molecule has 0 saturated heterocycles. The van der Waals surface area contributed by atoms with E-state index in [0.29, 0.717) is 16.8 Å². The number of hydrogen-bond donors (Lipinski definition) is 3. The van der Waals surface area contributed by atoms with E-state index in [9.17, 15) is 19.7 Å². The number of nitrogens with one attached hydrogen (secondary N) is 2. The van der Waals surface area contributed by atoms with E-state index in [1.165, 1.54) is 11.0 Å². The molecule has 1 aliphatic rings. The fourth-order valence-corrected chi connectivity index (χ4v) is 3.52. The molecule has 4 N–H and O–H groups in total. The first-order valence-electron chi connectivity index (χ1n) is 9.83. The Labute approximate surface area is 189 Å². The van der Waals surface area contributed by atoms with Crippen molar-refractivity contribution in [3.63, 3.8) is 0 Å². The van der Waals surface area contributed by atoms with Crippen molar-refractivity contribution in [1.29, 1.82) is 0 Å². The molecule has 1 heterocycles. The van der Waals surface area contributed by atoms with Crippen LogP contribution in [0.1, 0.15) is 29.3 Å². The molecule has 0 bridgehead atoms. The fourth-order valence-electron chi connectivity index (χ4n) is 3.34. The maximum absolute atomic E-state index is 12.7. The monoisotopic (exact) mass is 454 g/mol. The lowest BCUT2D eigenvalue weighted by molar-refractivity contribution is -0.384. The standard InChI is InChI=1S/C21H22N6O4S/c1-13-11-18(28)24-25-19(13)15-7-8-16(17(12-15)27(30)31)23-9-10-26(21(22)32)20(29)14-5-3-2-4-6-14/h2-8,12-13,23H,9-11H2,1H3,(H2,22,32)(H,24,28). The van der Waals surface area contributed by atoms with Gasteiger partial charge in [-0.2, -0.15) is 5.10 Å². The van der Waals surface area contributed by atoms with Crippen molar-refractivity contribution in [2.24, 2.45) is 16.8 Å². The Balaban J connectivity index is 1.74. The van der Waals surface area contributed by atoms with Gasteiger partial charge in [-0.1, -0.05) is 31.2 Å². The van der Waals surface area contributed by atoms with Gasteiger partial charge in [-0.05, 0) is 30.4 Å². The lowest BCUT2D eigenvalue weighted by atomic mass is 9.93. The Hall–Kier alpha value is -3.86. The molecule has 0 radical (unpaired) electrons. The van der Waals surface area contributed by atoms with Gasteiger partial charge < -0.3 is 11.1 Å². The lowest BCUT2D eigenvalue weighted by Gasteiger charge is -2.21. The van der Waals surface area contributed by atoms with Gasteiger partial charge in [-0.25, -0.2) is 5.43 Å². The van der Waals surface area contributed by atoms with E-state index in [1.807, 2.05) is 6.92 Å². The minimum absolute atomic E-state index is 0.0863. The highest BCUT2D eigenvalue weighted by Gasteiger charge is 2.25. The molecule has 2 aromatic rings. The summed E-state index contributed by atoms with van der Waals surface area (Å²) in [4.78, 5) is 36.5. The van der Waals surface area contributed by atoms with E-state index in [4.69, 9.17) is 18.0 Å². The molecule has 166 valence electrons. The van der Waals surface area contributed by atoms with Crippen LogP contribution in [-0.2, 0) is 4.79 Å². The Bertz CT molecular complexity index is 1090. The second-order valence-corrected chi connectivity index (χ2v) is 7.63. The van der Waals surface area contributed by atoms with Crippen LogP contribution >= 0.6 is 12.2 Å². The van der Waals surface area contributed by atoms with Crippen molar-refractivity contribution in [3.8, 4) is 0 Å². The van der Waals surface area contributed by atoms with Crippen molar-refractivity contribution in [3.05, 3.63) is 69.8 Å². The molecule has 0 aliphatic carbocycles. The van der Waals surface area contributed by atoms with Gasteiger partial charge in [0, 0.05) is 42.6 Å². The quantitative estimate of drug-likeness (QED) is 0.331. The first kappa shape index (κ1) is 22.8. The number of hydrazone groups is 1. The molecule has 1 unspecified atom stereocenters. The number of rotatable bonds is 7. The van der Waals surface area contributed by atoms with E-state index < -0.39 is 4.92 Å². The molecule has 10 nitrogen and oxygen atoms in total. The molecule has 1 aliphatic heterocycles. The summed E-state index contributed by atoms with van der Waals surface area (Å²) in [5, 5.41) is 18.6. The summed E-state index contributed by atoms with van der Waals surface area (Å²) in [5.74, 6) is -0.706. The third kappa shape index (κ3) is 5.24. The number of nitro groups is 1. The second-order valence-electron chi connectivity index (χ2n) is 7.21. The Morgan fingerprint density at radius 3 is 2.69 bits per heavy atom. The fraction of sp³-hybridized carbons (Fsp3) is 0.238. The average Bonchev–Trinajstić information content (AvgIpc) is 2.77. The number of thiocarbonyl (C=S) groups is 1. The summed E-state index contributed by atoms with van der Waals surface area (Å²) < 4.78 is 0. The molecule has 32 heavy (non-hydrogen) atoms. The van der Waals surface area contributed by atoms with Gasteiger partial charge in [0.05, 0.1) is 10.6 Å². The SMILES string of the molecule is CC1CC(=O)NN=C1c1ccc(NCCN(C(=O)c2ccccc2)C(N)=S)c([N+](=O)[O-])c1. The van der Waals surface area contributed by atoms with Gasteiger partial charge in [0.1, 0.15) is 5.69 Å². The largest absolute Gasteiger partial charge is 0.378 e. The van der Waals surface area contributed by atoms with Crippen molar-refractivity contribution in [2.75, 3.05) is 18.4 Å². The summed E-state index contributed by atoms with van der Waals surface area (Å²) in [7, 11) is 0. The highest BCUT2D eigenvalue weighted by molar-refractivity contribution is 7.80. The molecule has 0 fully saturated rings. The van der Waals surface area contributed by atoms with Gasteiger partial charge >= 0.3 is 0 Å². The zero-order valence-corrected chi connectivity index (χ0v) is 18.1. The van der Waals surface area contributed by atoms with Crippen LogP contribution < -0.4 is 16.5 Å². The maximum atomic E-state index is 12.7. The van der Waals surface area contributed by atoms with Gasteiger partial charge in [0.25, 0.3) is 11.6 Å². The van der Waals surface area contributed by atoms with Crippen LogP contribution in [0.2, 0.25) is 0 Å². The van der Waals surface area contributed by atoms with Crippen molar-refractivity contribution in [1.82, 2.24) is 10.3 Å². The molecule has 11 heteroatoms. The molecule has 2 amide bonds. The van der Waals surface area contributed by atoms with E-state index in [-0.39, 0.29) is 53.7 Å². The van der Waals surface area contributed by atoms with Crippen LogP contribution in [0.15, 0.2) is 53.6 Å². The zero-order valence-electron chi connectivity index (χ0n) is 17.3. The van der Waals surface area contributed by atoms with Crippen LogP contribution in [0.4, 0.5) is 11.4 Å². The molecule has 0 spiro atoms. The first-order valence-corrected chi connectivity index (χ1v) is 10.2. The van der Waals surface area contributed by atoms with Crippen LogP contribution in [0.25, 0.3) is 0 Å². The number of carbonyl (C=O) groups is 2. The second kappa shape index (κ2) is 9.96. The average molecular weight is 455 g/mol. The van der Waals surface area contributed by atoms with E-state index >= 15 is 0 Å². The maximum Gasteiger partial charge on any atom is 0.292 e. The minimum Gasteiger partial charge on any atom is -0.378 e. The zero-order chi connectivity index (χ0) is 23.3. The van der Waals surface area contributed by atoms with Crippen molar-refractivity contribution in [2.45, 2.75) is 13.3 Å². The minimum atomic E-state index is -0.501. The number of benzene rings is 2. The molecule has 0 aromatic heterocycles. The van der Waals surface area contributed by atoms with Crippen LogP contribution in [0.5, 0.6) is 0 Å². The smallest absolute Gasteiger partial charge is 0.292 e. The van der Waals surface area contributed by atoms with Gasteiger partial charge in [-0.3, -0.25) is 24.6 Å². The van der Waals surface area contributed by atoms with Gasteiger partial charge in [0.2, 0.25) is 5.91 Å². The summed E-state index contributed by atoms with van der Waals surface area (Å²) in [6.07, 6.45) is 0.261. The molecule has 0 saturated carbocycles. The number of carbonyl (C=O) groups excluding carboxylic acids is 2. The molecule has 1 atom stereocenters. The van der Waals surface area contributed by atoms with Crippen molar-refractivity contribution >= 4 is 46.2 Å². The third-order valence-electron chi connectivity index (χ3n) is 4.93. The Morgan fingerprint density at radius 2 is 2.06 bits per heavy atom. The predicted octanol–water partition coefficient (Wildman–Crippen LogP) is 2.25. The number of nitrogens with two attached hydrogens (primary N) is 1. The van der Waals surface area contributed by atoms with Crippen LogP contribution in [0.3, 0.4) is 0 Å². The first-order chi connectivity index (χ1) is 15.3. The lowest BCUT2D eigenvalue weighted by Crippen LogP contribution is -2.43. The van der Waals surface area contributed by atoms with E-state index in [1.54, 1.807) is 42.5 Å². The normalized spacial score (nSPS) is 15.3. The van der Waals surface area contributed by atoms with Crippen LogP contribution in [0, 0.1) is 16.0 Å².